The lowest BCUT2D eigenvalue weighted by Crippen LogP contribution is -2.31. The summed E-state index contributed by atoms with van der Waals surface area (Å²) in [5.74, 6) is 0. The van der Waals surface area contributed by atoms with E-state index in [2.05, 4.69) is 122 Å². The van der Waals surface area contributed by atoms with E-state index in [9.17, 15) is 0 Å². The third-order valence-electron chi connectivity index (χ3n) is 7.64. The SMILES string of the molecule is CCOC(CCCCC/C=C\CCCc1cccc([P+](I)(c2ccccc2C)c2ccccc2C)c1C)OCC. The molecule has 0 aliphatic carbocycles. The molecule has 0 aromatic heterocycles. The quantitative estimate of drug-likeness (QED) is 0.0468. The van der Waals surface area contributed by atoms with Crippen LogP contribution in [-0.4, -0.2) is 19.5 Å². The fourth-order valence-corrected chi connectivity index (χ4v) is 13.7. The second kappa shape index (κ2) is 17.4. The lowest BCUT2D eigenvalue weighted by molar-refractivity contribution is -0.140. The largest absolute Gasteiger partial charge is 0.353 e. The number of hydrogen-bond donors (Lipinski definition) is 0. The van der Waals surface area contributed by atoms with Crippen LogP contribution in [-0.2, 0) is 15.9 Å². The summed E-state index contributed by atoms with van der Waals surface area (Å²) in [6.07, 6.45) is 14.0. The average molecular weight is 672 g/mol. The van der Waals surface area contributed by atoms with Crippen LogP contribution in [0.2, 0.25) is 0 Å². The molecule has 40 heavy (non-hydrogen) atoms. The van der Waals surface area contributed by atoms with Gasteiger partial charge in [0.15, 0.2) is 33.2 Å². The average Bonchev–Trinajstić information content (AvgIpc) is 2.95. The van der Waals surface area contributed by atoms with Crippen LogP contribution in [0.5, 0.6) is 0 Å². The van der Waals surface area contributed by atoms with Crippen LogP contribution in [0.1, 0.15) is 81.0 Å². The molecule has 0 spiro atoms. The Hall–Kier alpha value is -1.52. The summed E-state index contributed by atoms with van der Waals surface area (Å²) < 4.78 is 11.3. The van der Waals surface area contributed by atoms with Crippen molar-refractivity contribution in [3.05, 3.63) is 101 Å². The van der Waals surface area contributed by atoms with E-state index in [0.717, 1.165) is 38.9 Å². The Morgan fingerprint density at radius 3 is 1.80 bits per heavy atom. The maximum absolute atomic E-state index is 5.65. The molecule has 0 unspecified atom stereocenters. The highest BCUT2D eigenvalue weighted by atomic mass is 127. The standard InChI is InChI=1S/C36H49IO2P/c1-6-38-36(39-7-2)28-15-13-11-9-8-10-12-14-23-32-24-20-27-35(31(32)5)40(37,33-25-18-16-21-29(33)3)34-26-19-17-22-30(34)4/h8,10,16-22,24-27,36H,6-7,9,11-15,23,28H2,1-5H3/q+1/b10-8-. The van der Waals surface area contributed by atoms with Crippen molar-refractivity contribution in [3.63, 3.8) is 0 Å². The number of allylic oxidation sites excluding steroid dienone is 2. The molecule has 0 aliphatic heterocycles. The third kappa shape index (κ3) is 8.99. The summed E-state index contributed by atoms with van der Waals surface area (Å²) in [6.45, 7) is 12.4. The van der Waals surface area contributed by atoms with Gasteiger partial charge in [-0.05, 0) is 120 Å². The molecule has 0 amide bonds. The van der Waals surface area contributed by atoms with Crippen molar-refractivity contribution in [3.8, 4) is 0 Å². The van der Waals surface area contributed by atoms with Crippen LogP contribution >= 0.6 is 26.9 Å². The van der Waals surface area contributed by atoms with E-state index >= 15 is 0 Å². The lowest BCUT2D eigenvalue weighted by atomic mass is 10.0. The van der Waals surface area contributed by atoms with Gasteiger partial charge in [-0.15, -0.1) is 0 Å². The van der Waals surface area contributed by atoms with Crippen molar-refractivity contribution in [2.45, 2.75) is 92.3 Å². The molecular formula is C36H49IO2P+. The zero-order chi connectivity index (χ0) is 28.8. The normalized spacial score (nSPS) is 12.1. The third-order valence-corrected chi connectivity index (χ3v) is 15.8. The van der Waals surface area contributed by atoms with Crippen LogP contribution in [0.15, 0.2) is 78.9 Å². The molecule has 3 rings (SSSR count). The van der Waals surface area contributed by atoms with Crippen LogP contribution in [0.25, 0.3) is 0 Å². The van der Waals surface area contributed by atoms with Crippen LogP contribution < -0.4 is 15.9 Å². The Kier molecular flexibility index (Phi) is 14.4. The van der Waals surface area contributed by atoms with Gasteiger partial charge in [-0.3, -0.25) is 0 Å². The second-order valence-corrected chi connectivity index (χ2v) is 17.5. The zero-order valence-electron chi connectivity index (χ0n) is 25.3. The van der Waals surface area contributed by atoms with E-state index in [-0.39, 0.29) is 6.29 Å². The predicted molar refractivity (Wildman–Crippen MR) is 186 cm³/mol. The minimum Gasteiger partial charge on any atom is -0.353 e. The van der Waals surface area contributed by atoms with Gasteiger partial charge in [0.2, 0.25) is 0 Å². The summed E-state index contributed by atoms with van der Waals surface area (Å²) in [5.41, 5.74) is 5.73. The van der Waals surface area contributed by atoms with E-state index in [1.165, 1.54) is 63.9 Å². The van der Waals surface area contributed by atoms with Gasteiger partial charge >= 0.3 is 0 Å². The highest BCUT2D eigenvalue weighted by Gasteiger charge is 2.46. The smallest absolute Gasteiger partial charge is 0.173 e. The molecule has 0 atom stereocenters. The highest BCUT2D eigenvalue weighted by molar-refractivity contribution is 14.2. The molecule has 0 bridgehead atoms. The van der Waals surface area contributed by atoms with Gasteiger partial charge in [-0.2, -0.15) is 0 Å². The maximum Gasteiger partial charge on any atom is 0.173 e. The van der Waals surface area contributed by atoms with Gasteiger partial charge in [0.1, 0.15) is 15.9 Å². The molecule has 0 aliphatic rings. The fraction of sp³-hybridized carbons (Fsp3) is 0.444. The molecule has 0 radical (unpaired) electrons. The number of hydrogen-bond acceptors (Lipinski definition) is 2. The minimum atomic E-state index is -1.80. The van der Waals surface area contributed by atoms with Crippen molar-refractivity contribution in [2.24, 2.45) is 0 Å². The van der Waals surface area contributed by atoms with Gasteiger partial charge in [0.25, 0.3) is 0 Å². The summed E-state index contributed by atoms with van der Waals surface area (Å²) in [7, 11) is 0. The number of unbranched alkanes of at least 4 members (excludes halogenated alkanes) is 4. The summed E-state index contributed by atoms with van der Waals surface area (Å²) in [4.78, 5) is -1.80. The molecule has 3 aromatic rings. The zero-order valence-corrected chi connectivity index (χ0v) is 28.3. The van der Waals surface area contributed by atoms with E-state index < -0.39 is 4.90 Å². The molecular weight excluding hydrogens is 622 g/mol. The van der Waals surface area contributed by atoms with Gasteiger partial charge in [0.05, 0.1) is 0 Å². The molecule has 216 valence electrons. The Labute approximate surface area is 257 Å². The van der Waals surface area contributed by atoms with Crippen molar-refractivity contribution in [1.29, 1.82) is 0 Å². The van der Waals surface area contributed by atoms with Crippen molar-refractivity contribution in [2.75, 3.05) is 13.2 Å². The Morgan fingerprint density at radius 2 is 1.23 bits per heavy atom. The topological polar surface area (TPSA) is 18.5 Å². The van der Waals surface area contributed by atoms with Crippen molar-refractivity contribution < 1.29 is 9.47 Å². The first kappa shape index (κ1) is 33.0. The Bertz CT molecular complexity index is 1150. The van der Waals surface area contributed by atoms with Gasteiger partial charge in [-0.25, -0.2) is 0 Å². The number of ether oxygens (including phenoxy) is 2. The number of halogens is 1. The van der Waals surface area contributed by atoms with Crippen molar-refractivity contribution >= 4 is 42.9 Å². The number of rotatable bonds is 17. The second-order valence-electron chi connectivity index (χ2n) is 10.6. The minimum absolute atomic E-state index is 0.0274. The summed E-state index contributed by atoms with van der Waals surface area (Å²) >= 11 is 2.83. The van der Waals surface area contributed by atoms with E-state index in [4.69, 9.17) is 9.47 Å². The van der Waals surface area contributed by atoms with E-state index in [1.54, 1.807) is 0 Å². The lowest BCUT2D eigenvalue weighted by Gasteiger charge is -2.25. The van der Waals surface area contributed by atoms with Gasteiger partial charge < -0.3 is 9.47 Å². The van der Waals surface area contributed by atoms with Crippen LogP contribution in [0.4, 0.5) is 0 Å². The first-order valence-corrected chi connectivity index (χ1v) is 19.7. The van der Waals surface area contributed by atoms with E-state index in [1.807, 2.05) is 13.8 Å². The molecule has 2 nitrogen and oxygen atoms in total. The van der Waals surface area contributed by atoms with E-state index in [0.29, 0.717) is 0 Å². The Balaban J connectivity index is 1.61. The van der Waals surface area contributed by atoms with Gasteiger partial charge in [0, 0.05) is 13.2 Å². The molecule has 0 fully saturated rings. The fourth-order valence-electron chi connectivity index (χ4n) is 5.46. The number of benzene rings is 3. The van der Waals surface area contributed by atoms with Crippen molar-refractivity contribution in [1.82, 2.24) is 0 Å². The van der Waals surface area contributed by atoms with Crippen LogP contribution in [0.3, 0.4) is 0 Å². The molecule has 0 heterocycles. The first-order chi connectivity index (χ1) is 19.4. The highest BCUT2D eigenvalue weighted by Crippen LogP contribution is 2.65. The monoisotopic (exact) mass is 671 g/mol. The summed E-state index contributed by atoms with van der Waals surface area (Å²) in [5, 5.41) is 4.49. The van der Waals surface area contributed by atoms with Gasteiger partial charge in [-0.1, -0.05) is 67.1 Å². The summed E-state index contributed by atoms with van der Waals surface area (Å²) in [6, 6.07) is 25.0. The predicted octanol–water partition coefficient (Wildman–Crippen LogP) is 9.48. The molecule has 0 N–H and O–H groups in total. The maximum atomic E-state index is 5.65. The first-order valence-electron chi connectivity index (χ1n) is 15.1. The molecule has 3 aromatic carbocycles. The molecule has 0 saturated heterocycles. The molecule has 0 saturated carbocycles. The molecule has 4 heteroatoms. The number of aryl methyl sites for hydroxylation is 3. The van der Waals surface area contributed by atoms with Crippen LogP contribution in [0, 0.1) is 20.8 Å². The Morgan fingerprint density at radius 1 is 0.675 bits per heavy atom.